The molecule has 0 aliphatic heterocycles. The zero-order valence-corrected chi connectivity index (χ0v) is 26.0. The number of Topliss-reactive ketones (excluding diaryl/α,β-unsaturated/α-hetero) is 2. The van der Waals surface area contributed by atoms with Gasteiger partial charge in [0.2, 0.25) is 0 Å². The highest BCUT2D eigenvalue weighted by Gasteiger charge is 2.70. The normalized spacial score (nSPS) is 44.1. The number of fused-ring (bicyclic) bond motifs is 7. The Morgan fingerprint density at radius 2 is 1.70 bits per heavy atom. The van der Waals surface area contributed by atoms with E-state index in [2.05, 4.69) is 53.5 Å². The van der Waals surface area contributed by atoms with Crippen molar-refractivity contribution in [2.75, 3.05) is 0 Å². The van der Waals surface area contributed by atoms with E-state index in [0.29, 0.717) is 24.7 Å². The summed E-state index contributed by atoms with van der Waals surface area (Å²) < 4.78 is 0. The van der Waals surface area contributed by atoms with Crippen LogP contribution in [0.4, 0.5) is 0 Å². The summed E-state index contributed by atoms with van der Waals surface area (Å²) in [4.78, 5) is 32.6. The number of aliphatic hydroxyl groups is 1. The van der Waals surface area contributed by atoms with Gasteiger partial charge in [-0.15, -0.1) is 0 Å². The van der Waals surface area contributed by atoms with Crippen molar-refractivity contribution in [3.63, 3.8) is 0 Å². The molecule has 218 valence electrons. The van der Waals surface area contributed by atoms with Crippen molar-refractivity contribution in [1.29, 1.82) is 0 Å². The zero-order chi connectivity index (χ0) is 28.9. The lowest BCUT2D eigenvalue weighted by Gasteiger charge is -2.72. The predicted octanol–water partition coefficient (Wildman–Crippen LogP) is 7.53. The Balaban J connectivity index is 1.42. The van der Waals surface area contributed by atoms with Crippen LogP contribution in [0.25, 0.3) is 0 Å². The lowest BCUT2D eigenvalue weighted by atomic mass is 9.33. The van der Waals surface area contributed by atoms with Crippen LogP contribution < -0.4 is 0 Å². The highest BCUT2D eigenvalue weighted by atomic mass is 16.3. The van der Waals surface area contributed by atoms with Crippen molar-refractivity contribution in [3.05, 3.63) is 41.2 Å². The van der Waals surface area contributed by atoms with E-state index in [4.69, 9.17) is 0 Å². The Morgan fingerprint density at radius 3 is 2.38 bits per heavy atom. The lowest BCUT2D eigenvalue weighted by Crippen LogP contribution is -2.65. The topological polar surface area (TPSA) is 67.3 Å². The van der Waals surface area contributed by atoms with Gasteiger partial charge in [0.25, 0.3) is 0 Å². The van der Waals surface area contributed by atoms with E-state index in [1.807, 2.05) is 18.2 Å². The summed E-state index contributed by atoms with van der Waals surface area (Å²) in [5, 5.41) is 11.0. The second-order valence-electron chi connectivity index (χ2n) is 16.1. The van der Waals surface area contributed by atoms with Gasteiger partial charge in [-0.3, -0.25) is 14.6 Å². The monoisotopic (exact) mass is 545 g/mol. The molecule has 4 saturated carbocycles. The van der Waals surface area contributed by atoms with Crippen molar-refractivity contribution in [2.24, 2.45) is 50.7 Å². The van der Waals surface area contributed by atoms with Crippen molar-refractivity contribution in [1.82, 2.24) is 4.98 Å². The first kappa shape index (κ1) is 28.3. The molecule has 8 atom stereocenters. The Kier molecular flexibility index (Phi) is 6.44. The first-order valence-corrected chi connectivity index (χ1v) is 16.1. The molecule has 0 amide bonds. The molecule has 1 aromatic rings. The maximum Gasteiger partial charge on any atom is 0.160 e. The molecule has 6 rings (SSSR count). The first-order valence-electron chi connectivity index (χ1n) is 16.1. The molecule has 40 heavy (non-hydrogen) atoms. The smallest absolute Gasteiger partial charge is 0.160 e. The second kappa shape index (κ2) is 9.09. The molecule has 5 aliphatic carbocycles. The number of pyridine rings is 1. The van der Waals surface area contributed by atoms with Gasteiger partial charge in [0.05, 0.1) is 11.5 Å². The fourth-order valence-electron chi connectivity index (χ4n) is 11.8. The minimum absolute atomic E-state index is 0.0545. The van der Waals surface area contributed by atoms with Crippen LogP contribution in [0.5, 0.6) is 0 Å². The average molecular weight is 546 g/mol. The summed E-state index contributed by atoms with van der Waals surface area (Å²) in [5.74, 6) is 1.97. The quantitative estimate of drug-likeness (QED) is 0.424. The fourth-order valence-corrected chi connectivity index (χ4v) is 11.8. The summed E-state index contributed by atoms with van der Waals surface area (Å²) in [6, 6.07) is 5.78. The van der Waals surface area contributed by atoms with Gasteiger partial charge in [0, 0.05) is 24.7 Å². The van der Waals surface area contributed by atoms with Crippen molar-refractivity contribution >= 4 is 11.6 Å². The van der Waals surface area contributed by atoms with Crippen molar-refractivity contribution < 1.29 is 14.7 Å². The molecule has 5 aliphatic rings. The van der Waals surface area contributed by atoms with Gasteiger partial charge in [-0.25, -0.2) is 0 Å². The molecule has 0 aromatic carbocycles. The van der Waals surface area contributed by atoms with Gasteiger partial charge >= 0.3 is 0 Å². The molecule has 0 radical (unpaired) electrons. The number of hydrogen-bond donors (Lipinski definition) is 1. The Hall–Kier alpha value is -1.81. The lowest BCUT2D eigenvalue weighted by molar-refractivity contribution is -0.228. The Labute approximate surface area is 241 Å². The third kappa shape index (κ3) is 3.56. The van der Waals surface area contributed by atoms with Crippen LogP contribution in [-0.2, 0) is 16.0 Å². The number of aromatic nitrogens is 1. The summed E-state index contributed by atoms with van der Waals surface area (Å²) in [6.45, 7) is 16.6. The molecule has 0 bridgehead atoms. The third-order valence-electron chi connectivity index (χ3n) is 14.0. The van der Waals surface area contributed by atoms with Crippen LogP contribution in [-0.4, -0.2) is 27.8 Å². The summed E-state index contributed by atoms with van der Waals surface area (Å²) in [6.07, 6.45) is 10.6. The summed E-state index contributed by atoms with van der Waals surface area (Å²) in [5.41, 5.74) is 2.74. The van der Waals surface area contributed by atoms with E-state index >= 15 is 0 Å². The molecule has 0 saturated heterocycles. The standard InChI is InChI=1S/C36H51NO3/c1-22(2)30-25(38)21-36(29(40)20-23-10-8-9-19-37-23)18-17-34(6)24(31(30)36)11-12-27-33(5)15-14-28(39)32(3,4)26(33)13-16-35(27,34)7/h8-10,19,22,24,26-28,39H,11-18,20-21H2,1-7H3/t24-,26+,27-,28+,33+,34-,35-,36+/m1/s1. The van der Waals surface area contributed by atoms with Gasteiger partial charge in [-0.2, -0.15) is 0 Å². The van der Waals surface area contributed by atoms with E-state index in [1.54, 1.807) is 6.20 Å². The zero-order valence-electron chi connectivity index (χ0n) is 26.0. The highest BCUT2D eigenvalue weighted by Crippen LogP contribution is 2.76. The Morgan fingerprint density at radius 1 is 0.950 bits per heavy atom. The molecule has 0 spiro atoms. The van der Waals surface area contributed by atoms with Crippen LogP contribution in [0.15, 0.2) is 35.5 Å². The largest absolute Gasteiger partial charge is 0.393 e. The van der Waals surface area contributed by atoms with E-state index in [1.165, 1.54) is 12.0 Å². The maximum atomic E-state index is 14.3. The third-order valence-corrected chi connectivity index (χ3v) is 14.0. The van der Waals surface area contributed by atoms with E-state index in [9.17, 15) is 14.7 Å². The number of ketones is 2. The molecule has 1 N–H and O–H groups in total. The number of carbonyl (C=O) groups is 2. The molecule has 1 heterocycles. The van der Waals surface area contributed by atoms with Gasteiger partial charge in [-0.1, -0.05) is 54.5 Å². The van der Waals surface area contributed by atoms with Crippen molar-refractivity contribution in [3.8, 4) is 0 Å². The van der Waals surface area contributed by atoms with E-state index in [0.717, 1.165) is 56.2 Å². The van der Waals surface area contributed by atoms with Gasteiger partial charge in [0.1, 0.15) is 5.78 Å². The van der Waals surface area contributed by atoms with Crippen LogP contribution in [0.2, 0.25) is 0 Å². The number of nitrogens with zero attached hydrogens (tertiary/aromatic N) is 1. The SMILES string of the molecule is CC(C)C1=C2[C@H]3CC[C@@H]4[C@@]5(C)CC[C@H](O)C(C)(C)[C@@H]5CC[C@@]4(C)[C@]3(C)CC[C@@]2(C(=O)Cc2ccccn2)CC1=O. The molecular formula is C36H51NO3. The summed E-state index contributed by atoms with van der Waals surface area (Å²) >= 11 is 0. The predicted molar refractivity (Wildman–Crippen MR) is 158 cm³/mol. The fraction of sp³-hybridized carbons (Fsp3) is 0.750. The number of allylic oxidation sites excluding steroid dienone is 2. The van der Waals surface area contributed by atoms with Crippen LogP contribution in [0, 0.1) is 50.7 Å². The van der Waals surface area contributed by atoms with Crippen molar-refractivity contribution in [2.45, 2.75) is 119 Å². The number of carbonyl (C=O) groups excluding carboxylic acids is 2. The number of rotatable bonds is 4. The molecular weight excluding hydrogens is 494 g/mol. The minimum atomic E-state index is -0.653. The molecule has 4 heteroatoms. The second-order valence-corrected chi connectivity index (χ2v) is 16.1. The molecule has 4 nitrogen and oxygen atoms in total. The van der Waals surface area contributed by atoms with Crippen LogP contribution >= 0.6 is 0 Å². The maximum absolute atomic E-state index is 14.3. The molecule has 1 aromatic heterocycles. The number of hydrogen-bond acceptors (Lipinski definition) is 4. The molecule has 0 unspecified atom stereocenters. The first-order chi connectivity index (χ1) is 18.7. The van der Waals surface area contributed by atoms with E-state index < -0.39 is 5.41 Å². The molecule has 4 fully saturated rings. The average Bonchev–Trinajstić information content (AvgIpc) is 3.21. The van der Waals surface area contributed by atoms with Crippen LogP contribution in [0.3, 0.4) is 0 Å². The van der Waals surface area contributed by atoms with Gasteiger partial charge in [0.15, 0.2) is 5.78 Å². The van der Waals surface area contributed by atoms with Crippen LogP contribution in [0.1, 0.15) is 112 Å². The van der Waals surface area contributed by atoms with E-state index in [-0.39, 0.29) is 51.2 Å². The number of aliphatic hydroxyl groups excluding tert-OH is 1. The van der Waals surface area contributed by atoms with Gasteiger partial charge in [-0.05, 0) is 120 Å². The highest BCUT2D eigenvalue weighted by molar-refractivity contribution is 6.07. The Bertz CT molecular complexity index is 1250. The summed E-state index contributed by atoms with van der Waals surface area (Å²) in [7, 11) is 0. The minimum Gasteiger partial charge on any atom is -0.393 e. The van der Waals surface area contributed by atoms with Gasteiger partial charge < -0.3 is 5.11 Å².